The van der Waals surface area contributed by atoms with Crippen LogP contribution in [-0.2, 0) is 6.61 Å². The van der Waals surface area contributed by atoms with Gasteiger partial charge in [-0.25, -0.2) is 4.98 Å². The van der Waals surface area contributed by atoms with Gasteiger partial charge in [-0.1, -0.05) is 0 Å². The molecule has 3 aromatic rings. The zero-order valence-corrected chi connectivity index (χ0v) is 12.1. The fourth-order valence-electron chi connectivity index (χ4n) is 2.51. The number of benzene rings is 1. The molecule has 0 bridgehead atoms. The maximum absolute atomic E-state index is 12.1. The van der Waals surface area contributed by atoms with Crippen LogP contribution in [0.4, 0.5) is 5.69 Å². The van der Waals surface area contributed by atoms with Crippen LogP contribution in [0.5, 0.6) is 5.75 Å². The van der Waals surface area contributed by atoms with Gasteiger partial charge < -0.3 is 10.1 Å². The average molecular weight is 304 g/mol. The number of ether oxygens (including phenoxy) is 1. The normalized spacial score (nSPS) is 11.8. The third-order valence-electron chi connectivity index (χ3n) is 3.61. The predicted octanol–water partition coefficient (Wildman–Crippen LogP) is 2.68. The van der Waals surface area contributed by atoms with Gasteiger partial charge in [0.1, 0.15) is 18.1 Å². The molecule has 0 saturated carbocycles. The second-order valence-corrected chi connectivity index (χ2v) is 5.08. The fraction of sp³-hybridized carbons (Fsp3) is 0.0588. The molecule has 0 spiro atoms. The number of amides is 1. The van der Waals surface area contributed by atoms with E-state index in [4.69, 9.17) is 4.74 Å². The lowest BCUT2D eigenvalue weighted by molar-refractivity contribution is 0.102. The molecular formula is C17H12N4O2. The quantitative estimate of drug-likeness (QED) is 0.787. The zero-order valence-electron chi connectivity index (χ0n) is 12.1. The van der Waals surface area contributed by atoms with Crippen molar-refractivity contribution in [3.63, 3.8) is 0 Å². The number of carbonyl (C=O) groups is 1. The van der Waals surface area contributed by atoms with E-state index in [1.165, 1.54) is 18.6 Å². The van der Waals surface area contributed by atoms with E-state index in [2.05, 4.69) is 20.3 Å². The van der Waals surface area contributed by atoms with Crippen LogP contribution < -0.4 is 10.1 Å². The highest BCUT2D eigenvalue weighted by Gasteiger charge is 2.18. The van der Waals surface area contributed by atoms with Gasteiger partial charge in [0.05, 0.1) is 6.20 Å². The third kappa shape index (κ3) is 2.50. The highest BCUT2D eigenvalue weighted by molar-refractivity contribution is 6.03. The molecule has 1 aromatic carbocycles. The molecule has 0 radical (unpaired) electrons. The van der Waals surface area contributed by atoms with E-state index in [0.29, 0.717) is 12.3 Å². The number of hydrogen-bond donors (Lipinski definition) is 1. The minimum absolute atomic E-state index is 0.266. The van der Waals surface area contributed by atoms with Crippen LogP contribution in [0.3, 0.4) is 0 Å². The van der Waals surface area contributed by atoms with Crippen LogP contribution in [0, 0.1) is 0 Å². The largest absolute Gasteiger partial charge is 0.488 e. The van der Waals surface area contributed by atoms with Crippen molar-refractivity contribution in [2.45, 2.75) is 6.61 Å². The Morgan fingerprint density at radius 3 is 2.83 bits per heavy atom. The Kier molecular flexibility index (Phi) is 3.20. The lowest BCUT2D eigenvalue weighted by Crippen LogP contribution is -2.14. The summed E-state index contributed by atoms with van der Waals surface area (Å²) < 4.78 is 5.76. The molecule has 1 aliphatic heterocycles. The summed E-state index contributed by atoms with van der Waals surface area (Å²) in [7, 11) is 0. The number of aromatic nitrogens is 3. The topological polar surface area (TPSA) is 77.0 Å². The number of pyridine rings is 1. The van der Waals surface area contributed by atoms with Gasteiger partial charge in [-0.3, -0.25) is 14.8 Å². The molecule has 6 nitrogen and oxygen atoms in total. The van der Waals surface area contributed by atoms with Crippen LogP contribution in [0.2, 0.25) is 0 Å². The molecule has 6 heteroatoms. The summed E-state index contributed by atoms with van der Waals surface area (Å²) >= 11 is 0. The number of rotatable bonds is 2. The number of anilines is 1. The first-order valence-electron chi connectivity index (χ1n) is 7.09. The molecule has 23 heavy (non-hydrogen) atoms. The monoisotopic (exact) mass is 304 g/mol. The highest BCUT2D eigenvalue weighted by atomic mass is 16.5. The maximum atomic E-state index is 12.1. The highest BCUT2D eigenvalue weighted by Crippen LogP contribution is 2.38. The van der Waals surface area contributed by atoms with Gasteiger partial charge in [0, 0.05) is 47.7 Å². The molecule has 4 rings (SSSR count). The van der Waals surface area contributed by atoms with Crippen molar-refractivity contribution in [2.75, 3.05) is 5.32 Å². The lowest BCUT2D eigenvalue weighted by Gasteiger charge is -2.21. The SMILES string of the molecule is O=C(Nc1ccc2c(c1)OCc1cnccc1-2)c1cnccn1. The minimum Gasteiger partial charge on any atom is -0.488 e. The Labute approximate surface area is 132 Å². The summed E-state index contributed by atoms with van der Waals surface area (Å²) in [6.07, 6.45) is 8.00. The zero-order chi connectivity index (χ0) is 15.6. The van der Waals surface area contributed by atoms with Crippen molar-refractivity contribution in [3.8, 4) is 16.9 Å². The van der Waals surface area contributed by atoms with Gasteiger partial charge in [-0.05, 0) is 23.8 Å². The van der Waals surface area contributed by atoms with Gasteiger partial charge in [0.2, 0.25) is 0 Å². The Morgan fingerprint density at radius 1 is 1.04 bits per heavy atom. The van der Waals surface area contributed by atoms with Crippen LogP contribution in [0.1, 0.15) is 16.1 Å². The van der Waals surface area contributed by atoms with E-state index >= 15 is 0 Å². The minimum atomic E-state index is -0.307. The smallest absolute Gasteiger partial charge is 0.275 e. The van der Waals surface area contributed by atoms with Crippen LogP contribution in [0.15, 0.2) is 55.2 Å². The molecule has 3 heterocycles. The summed E-state index contributed by atoms with van der Waals surface area (Å²) in [6, 6.07) is 7.55. The van der Waals surface area contributed by atoms with Crippen molar-refractivity contribution in [3.05, 3.63) is 66.5 Å². The molecule has 1 N–H and O–H groups in total. The molecule has 1 amide bonds. The van der Waals surface area contributed by atoms with E-state index < -0.39 is 0 Å². The van der Waals surface area contributed by atoms with Crippen LogP contribution in [-0.4, -0.2) is 20.9 Å². The lowest BCUT2D eigenvalue weighted by atomic mass is 9.98. The number of nitrogens with one attached hydrogen (secondary N) is 1. The van der Waals surface area contributed by atoms with Crippen LogP contribution >= 0.6 is 0 Å². The van der Waals surface area contributed by atoms with E-state index in [1.807, 2.05) is 30.5 Å². The Balaban J connectivity index is 1.63. The van der Waals surface area contributed by atoms with Gasteiger partial charge >= 0.3 is 0 Å². The Bertz CT molecular complexity index is 881. The number of hydrogen-bond acceptors (Lipinski definition) is 5. The van der Waals surface area contributed by atoms with E-state index in [9.17, 15) is 4.79 Å². The second kappa shape index (κ2) is 5.49. The molecule has 1 aliphatic rings. The first-order chi connectivity index (χ1) is 11.3. The Morgan fingerprint density at radius 2 is 1.96 bits per heavy atom. The van der Waals surface area contributed by atoms with Gasteiger partial charge in [-0.2, -0.15) is 0 Å². The Hall–Kier alpha value is -3.28. The first-order valence-corrected chi connectivity index (χ1v) is 7.09. The molecule has 2 aromatic heterocycles. The second-order valence-electron chi connectivity index (χ2n) is 5.08. The standard InChI is InChI=1S/C17H12N4O2/c22-17(15-9-19-5-6-20-15)21-12-1-2-14-13-3-4-18-8-11(13)10-23-16(14)7-12/h1-9H,10H2,(H,21,22). The fourth-order valence-corrected chi connectivity index (χ4v) is 2.51. The molecule has 0 aliphatic carbocycles. The molecule has 0 atom stereocenters. The average Bonchev–Trinajstić information content (AvgIpc) is 2.62. The van der Waals surface area contributed by atoms with Crippen LogP contribution in [0.25, 0.3) is 11.1 Å². The maximum Gasteiger partial charge on any atom is 0.275 e. The number of nitrogens with zero attached hydrogens (tertiary/aromatic N) is 3. The van der Waals surface area contributed by atoms with Crippen molar-refractivity contribution in [2.24, 2.45) is 0 Å². The van der Waals surface area contributed by atoms with Crippen molar-refractivity contribution >= 4 is 11.6 Å². The van der Waals surface area contributed by atoms with Gasteiger partial charge in [-0.15, -0.1) is 0 Å². The van der Waals surface area contributed by atoms with Crippen molar-refractivity contribution in [1.29, 1.82) is 0 Å². The molecule has 0 fully saturated rings. The summed E-state index contributed by atoms with van der Waals surface area (Å²) in [4.78, 5) is 24.1. The summed E-state index contributed by atoms with van der Waals surface area (Å²) in [5, 5.41) is 2.80. The van der Waals surface area contributed by atoms with Crippen molar-refractivity contribution in [1.82, 2.24) is 15.0 Å². The van der Waals surface area contributed by atoms with Gasteiger partial charge in [0.15, 0.2) is 0 Å². The van der Waals surface area contributed by atoms with E-state index in [-0.39, 0.29) is 11.6 Å². The molecule has 0 unspecified atom stereocenters. The predicted molar refractivity (Wildman–Crippen MR) is 84.0 cm³/mol. The summed E-state index contributed by atoms with van der Waals surface area (Å²) in [5.41, 5.74) is 4.06. The van der Waals surface area contributed by atoms with E-state index in [0.717, 1.165) is 22.4 Å². The van der Waals surface area contributed by atoms with E-state index in [1.54, 1.807) is 6.20 Å². The summed E-state index contributed by atoms with van der Waals surface area (Å²) in [6.45, 7) is 0.470. The molecular weight excluding hydrogens is 292 g/mol. The number of carbonyl (C=O) groups excluding carboxylic acids is 1. The first kappa shape index (κ1) is 13.4. The van der Waals surface area contributed by atoms with Crippen molar-refractivity contribution < 1.29 is 9.53 Å². The molecule has 0 saturated heterocycles. The number of fused-ring (bicyclic) bond motifs is 3. The third-order valence-corrected chi connectivity index (χ3v) is 3.61. The summed E-state index contributed by atoms with van der Waals surface area (Å²) in [5.74, 6) is 0.430. The van der Waals surface area contributed by atoms with Gasteiger partial charge in [0.25, 0.3) is 5.91 Å². The molecule has 112 valence electrons.